The maximum atomic E-state index is 12.4. The molecule has 1 heterocycles. The lowest BCUT2D eigenvalue weighted by atomic mass is 9.93. The lowest BCUT2D eigenvalue weighted by molar-refractivity contribution is -0.136. The predicted molar refractivity (Wildman–Crippen MR) is 105 cm³/mol. The molecule has 0 saturated carbocycles. The average molecular weight is 415 g/mol. The van der Waals surface area contributed by atoms with Gasteiger partial charge in [0.25, 0.3) is 0 Å². The van der Waals surface area contributed by atoms with E-state index in [1.165, 1.54) is 7.11 Å². The summed E-state index contributed by atoms with van der Waals surface area (Å²) in [6, 6.07) is 2.19. The summed E-state index contributed by atoms with van der Waals surface area (Å²) in [6.45, 7) is 4.50. The van der Waals surface area contributed by atoms with Crippen LogP contribution >= 0.6 is 23.2 Å². The lowest BCUT2D eigenvalue weighted by Gasteiger charge is -2.29. The molecule has 0 fully saturated rings. The predicted octanol–water partition coefficient (Wildman–Crippen LogP) is 4.75. The van der Waals surface area contributed by atoms with Crippen LogP contribution in [0.2, 0.25) is 10.0 Å². The number of halogens is 2. The minimum atomic E-state index is -0.715. The van der Waals surface area contributed by atoms with E-state index in [9.17, 15) is 9.59 Å². The van der Waals surface area contributed by atoms with E-state index in [1.807, 2.05) is 13.8 Å². The molecule has 1 unspecified atom stereocenters. The van der Waals surface area contributed by atoms with E-state index >= 15 is 0 Å². The molecule has 8 heteroatoms. The topological polar surface area (TPSA) is 76.7 Å². The quantitative estimate of drug-likeness (QED) is 0.601. The molecule has 6 nitrogen and oxygen atoms in total. The minimum Gasteiger partial charge on any atom is -0.490 e. The number of allylic oxidation sites excluding steroid dienone is 1. The Hall–Kier alpha value is -1.92. The van der Waals surface area contributed by atoms with Crippen molar-refractivity contribution in [2.24, 2.45) is 0 Å². The molecule has 2 rings (SSSR count). The maximum absolute atomic E-state index is 12.4. The van der Waals surface area contributed by atoms with Crippen molar-refractivity contribution in [3.63, 3.8) is 0 Å². The van der Waals surface area contributed by atoms with Crippen molar-refractivity contribution in [1.82, 2.24) is 10.6 Å². The summed E-state index contributed by atoms with van der Waals surface area (Å²) >= 11 is 12.7. The Morgan fingerprint density at radius 2 is 1.85 bits per heavy atom. The molecule has 0 radical (unpaired) electrons. The molecule has 1 aliphatic heterocycles. The summed E-state index contributed by atoms with van der Waals surface area (Å²) in [4.78, 5) is 24.6. The van der Waals surface area contributed by atoms with Crippen molar-refractivity contribution in [2.75, 3.05) is 13.7 Å². The molecule has 0 spiro atoms. The highest BCUT2D eigenvalue weighted by Crippen LogP contribution is 2.39. The number of nitrogens with one attached hydrogen (secondary N) is 2. The van der Waals surface area contributed by atoms with Crippen LogP contribution in [0.15, 0.2) is 23.4 Å². The second-order valence-corrected chi connectivity index (χ2v) is 7.00. The Morgan fingerprint density at radius 1 is 1.19 bits per heavy atom. The highest BCUT2D eigenvalue weighted by molar-refractivity contribution is 6.37. The molecule has 0 aliphatic carbocycles. The fourth-order valence-electron chi connectivity index (χ4n) is 2.86. The van der Waals surface area contributed by atoms with Gasteiger partial charge in [0.15, 0.2) is 5.75 Å². The molecule has 1 aromatic rings. The first kappa shape index (κ1) is 21.4. The molecule has 148 valence electrons. The fourth-order valence-corrected chi connectivity index (χ4v) is 3.47. The molecule has 1 aliphatic rings. The van der Waals surface area contributed by atoms with Crippen molar-refractivity contribution in [1.29, 1.82) is 0 Å². The van der Waals surface area contributed by atoms with E-state index in [1.54, 1.807) is 12.1 Å². The number of amides is 2. The minimum absolute atomic E-state index is 0.318. The number of carbonyl (C=O) groups excluding carboxylic acids is 2. The normalized spacial score (nSPS) is 16.6. The van der Waals surface area contributed by atoms with Crippen LogP contribution in [-0.4, -0.2) is 25.7 Å². The molecule has 2 amide bonds. The summed E-state index contributed by atoms with van der Waals surface area (Å²) in [5.74, 6) is -0.129. The number of unbranched alkanes of at least 4 members (excludes halogenated alkanes) is 1. The second kappa shape index (κ2) is 9.85. The summed E-state index contributed by atoms with van der Waals surface area (Å²) < 4.78 is 10.5. The number of ether oxygens (including phenoxy) is 2. The Labute approximate surface area is 169 Å². The van der Waals surface area contributed by atoms with E-state index in [2.05, 4.69) is 10.6 Å². The maximum Gasteiger partial charge on any atom is 0.337 e. The molecule has 1 aromatic carbocycles. The van der Waals surface area contributed by atoms with Gasteiger partial charge in [0.05, 0.1) is 35.4 Å². The zero-order valence-corrected chi connectivity index (χ0v) is 17.2. The third-order valence-electron chi connectivity index (χ3n) is 4.14. The van der Waals surface area contributed by atoms with E-state index in [0.29, 0.717) is 45.7 Å². The number of esters is 1. The number of benzene rings is 1. The Morgan fingerprint density at radius 3 is 2.41 bits per heavy atom. The first-order chi connectivity index (χ1) is 12.9. The lowest BCUT2D eigenvalue weighted by Crippen LogP contribution is -2.45. The monoisotopic (exact) mass is 414 g/mol. The van der Waals surface area contributed by atoms with Crippen LogP contribution in [0.25, 0.3) is 0 Å². The summed E-state index contributed by atoms with van der Waals surface area (Å²) in [5.41, 5.74) is 1.48. The molecule has 27 heavy (non-hydrogen) atoms. The number of hydrogen-bond acceptors (Lipinski definition) is 4. The standard InChI is InChI=1S/C19H24Cl2N2O4/c1-4-6-7-14-15(18(24)26-3)16(23-19(25)22-14)11-9-12(20)17(13(21)10-11)27-8-5-2/h9-10,16H,4-8H2,1-3H3,(H2,22,23,25). The van der Waals surface area contributed by atoms with E-state index < -0.39 is 18.0 Å². The number of carbonyl (C=O) groups is 2. The highest BCUT2D eigenvalue weighted by atomic mass is 35.5. The van der Waals surface area contributed by atoms with Crippen LogP contribution in [0.3, 0.4) is 0 Å². The van der Waals surface area contributed by atoms with Gasteiger partial charge in [0.1, 0.15) is 0 Å². The molecular formula is C19H24Cl2N2O4. The van der Waals surface area contributed by atoms with Gasteiger partial charge in [-0.15, -0.1) is 0 Å². The van der Waals surface area contributed by atoms with Crippen molar-refractivity contribution < 1.29 is 19.1 Å². The van der Waals surface area contributed by atoms with Crippen LogP contribution < -0.4 is 15.4 Å². The van der Waals surface area contributed by atoms with Gasteiger partial charge in [-0.05, 0) is 37.0 Å². The van der Waals surface area contributed by atoms with Crippen molar-refractivity contribution in [2.45, 2.75) is 45.6 Å². The number of methoxy groups -OCH3 is 1. The van der Waals surface area contributed by atoms with Gasteiger partial charge in [-0.1, -0.05) is 43.5 Å². The van der Waals surface area contributed by atoms with Gasteiger partial charge >= 0.3 is 12.0 Å². The van der Waals surface area contributed by atoms with Crippen molar-refractivity contribution in [3.8, 4) is 5.75 Å². The van der Waals surface area contributed by atoms with Crippen LogP contribution in [0.4, 0.5) is 4.79 Å². The van der Waals surface area contributed by atoms with Crippen molar-refractivity contribution >= 4 is 35.2 Å². The third-order valence-corrected chi connectivity index (χ3v) is 4.71. The van der Waals surface area contributed by atoms with E-state index in [4.69, 9.17) is 32.7 Å². The summed E-state index contributed by atoms with van der Waals surface area (Å²) in [6.07, 6.45) is 3.12. The number of hydrogen-bond donors (Lipinski definition) is 2. The number of rotatable bonds is 8. The zero-order chi connectivity index (χ0) is 20.0. The first-order valence-corrected chi connectivity index (χ1v) is 9.69. The van der Waals surface area contributed by atoms with Gasteiger partial charge in [-0.3, -0.25) is 0 Å². The average Bonchev–Trinajstić information content (AvgIpc) is 2.64. The van der Waals surface area contributed by atoms with Crippen molar-refractivity contribution in [3.05, 3.63) is 39.0 Å². The molecular weight excluding hydrogens is 391 g/mol. The van der Waals surface area contributed by atoms with Crippen LogP contribution in [0.5, 0.6) is 5.75 Å². The Kier molecular flexibility index (Phi) is 7.80. The molecule has 0 aromatic heterocycles. The molecule has 2 N–H and O–H groups in total. The molecule has 0 bridgehead atoms. The SMILES string of the molecule is CCCCC1=C(C(=O)OC)C(c2cc(Cl)c(OCCC)c(Cl)c2)NC(=O)N1. The van der Waals surface area contributed by atoms with Gasteiger partial charge in [0, 0.05) is 5.70 Å². The summed E-state index contributed by atoms with van der Waals surface area (Å²) in [5, 5.41) is 6.11. The zero-order valence-electron chi connectivity index (χ0n) is 15.7. The summed E-state index contributed by atoms with van der Waals surface area (Å²) in [7, 11) is 1.31. The van der Waals surface area contributed by atoms with Crippen LogP contribution in [-0.2, 0) is 9.53 Å². The van der Waals surface area contributed by atoms with E-state index in [0.717, 1.165) is 19.3 Å². The Balaban J connectivity index is 2.49. The number of urea groups is 1. The van der Waals surface area contributed by atoms with Gasteiger partial charge in [-0.2, -0.15) is 0 Å². The van der Waals surface area contributed by atoms with Gasteiger partial charge in [-0.25, -0.2) is 9.59 Å². The van der Waals surface area contributed by atoms with Gasteiger partial charge in [0.2, 0.25) is 0 Å². The molecule has 1 atom stereocenters. The largest absolute Gasteiger partial charge is 0.490 e. The van der Waals surface area contributed by atoms with E-state index in [-0.39, 0.29) is 0 Å². The van der Waals surface area contributed by atoms with Gasteiger partial charge < -0.3 is 20.1 Å². The first-order valence-electron chi connectivity index (χ1n) is 8.93. The van der Waals surface area contributed by atoms with Crippen LogP contribution in [0, 0.1) is 0 Å². The molecule has 0 saturated heterocycles. The fraction of sp³-hybridized carbons (Fsp3) is 0.474. The highest BCUT2D eigenvalue weighted by Gasteiger charge is 2.33. The van der Waals surface area contributed by atoms with Crippen LogP contribution in [0.1, 0.15) is 51.1 Å². The third kappa shape index (κ3) is 5.08. The smallest absolute Gasteiger partial charge is 0.337 e. The second-order valence-electron chi connectivity index (χ2n) is 6.18. The Bertz CT molecular complexity index is 726.